The minimum Gasteiger partial charge on any atom is -0.494 e. The van der Waals surface area contributed by atoms with Crippen molar-refractivity contribution in [2.75, 3.05) is 13.2 Å². The summed E-state index contributed by atoms with van der Waals surface area (Å²) in [4.78, 5) is 12.0. The van der Waals surface area contributed by atoms with Gasteiger partial charge in [-0.1, -0.05) is 12.1 Å². The van der Waals surface area contributed by atoms with Gasteiger partial charge in [0.2, 0.25) is 5.91 Å². The summed E-state index contributed by atoms with van der Waals surface area (Å²) in [5.74, 6) is 0.752. The standard InChI is InChI=1S/C15H22N2O3/c1-2-19-12-5-3-4-11(8-12)10-17-15(18)14-7-6-13(9-16)20-14/h3-5,8,13-14H,2,6-7,9-10,16H2,1H3,(H,17,18)/t13-,14+/m1/s1. The maximum Gasteiger partial charge on any atom is 0.249 e. The molecular formula is C15H22N2O3. The third kappa shape index (κ3) is 3.95. The van der Waals surface area contributed by atoms with Gasteiger partial charge in [-0.3, -0.25) is 4.79 Å². The van der Waals surface area contributed by atoms with Crippen LogP contribution in [0.4, 0.5) is 0 Å². The minimum absolute atomic E-state index is 0.0204. The Labute approximate surface area is 119 Å². The first-order chi connectivity index (χ1) is 9.72. The topological polar surface area (TPSA) is 73.6 Å². The molecule has 110 valence electrons. The zero-order chi connectivity index (χ0) is 14.4. The fraction of sp³-hybridized carbons (Fsp3) is 0.533. The zero-order valence-corrected chi connectivity index (χ0v) is 11.8. The van der Waals surface area contributed by atoms with Crippen LogP contribution in [-0.4, -0.2) is 31.3 Å². The normalized spacial score (nSPS) is 21.7. The molecule has 0 saturated carbocycles. The molecule has 0 aromatic heterocycles. The van der Waals surface area contributed by atoms with Gasteiger partial charge in [-0.15, -0.1) is 0 Å². The number of hydrogen-bond acceptors (Lipinski definition) is 4. The van der Waals surface area contributed by atoms with Crippen molar-refractivity contribution in [3.05, 3.63) is 29.8 Å². The molecular weight excluding hydrogens is 256 g/mol. The van der Waals surface area contributed by atoms with Crippen LogP contribution >= 0.6 is 0 Å². The van der Waals surface area contributed by atoms with Crippen molar-refractivity contribution in [1.29, 1.82) is 0 Å². The lowest BCUT2D eigenvalue weighted by Crippen LogP contribution is -2.35. The van der Waals surface area contributed by atoms with Gasteiger partial charge in [-0.05, 0) is 37.5 Å². The Bertz CT molecular complexity index is 450. The van der Waals surface area contributed by atoms with E-state index < -0.39 is 0 Å². The van der Waals surface area contributed by atoms with Gasteiger partial charge in [0, 0.05) is 13.1 Å². The number of carbonyl (C=O) groups is 1. The predicted molar refractivity (Wildman–Crippen MR) is 76.4 cm³/mol. The number of nitrogens with one attached hydrogen (secondary N) is 1. The van der Waals surface area contributed by atoms with Crippen molar-refractivity contribution in [1.82, 2.24) is 5.32 Å². The van der Waals surface area contributed by atoms with E-state index in [2.05, 4.69) is 5.32 Å². The van der Waals surface area contributed by atoms with Gasteiger partial charge in [-0.25, -0.2) is 0 Å². The summed E-state index contributed by atoms with van der Waals surface area (Å²) in [5.41, 5.74) is 6.55. The van der Waals surface area contributed by atoms with Crippen LogP contribution in [0.3, 0.4) is 0 Å². The number of nitrogens with two attached hydrogens (primary N) is 1. The first-order valence-corrected chi connectivity index (χ1v) is 7.08. The highest BCUT2D eigenvalue weighted by atomic mass is 16.5. The summed E-state index contributed by atoms with van der Waals surface area (Å²) in [6.45, 7) is 3.53. The predicted octanol–water partition coefficient (Wildman–Crippen LogP) is 1.21. The first kappa shape index (κ1) is 14.8. The quantitative estimate of drug-likeness (QED) is 0.820. The largest absolute Gasteiger partial charge is 0.494 e. The number of carbonyl (C=O) groups excluding carboxylic acids is 1. The maximum absolute atomic E-state index is 12.0. The lowest BCUT2D eigenvalue weighted by Gasteiger charge is -2.13. The van der Waals surface area contributed by atoms with Crippen molar-refractivity contribution < 1.29 is 14.3 Å². The van der Waals surface area contributed by atoms with E-state index in [0.29, 0.717) is 19.7 Å². The molecule has 1 aliphatic rings. The van der Waals surface area contributed by atoms with E-state index in [1.165, 1.54) is 0 Å². The molecule has 1 amide bonds. The molecule has 0 spiro atoms. The average molecular weight is 278 g/mol. The van der Waals surface area contributed by atoms with Crippen LogP contribution in [0.1, 0.15) is 25.3 Å². The van der Waals surface area contributed by atoms with E-state index in [1.807, 2.05) is 31.2 Å². The molecule has 0 radical (unpaired) electrons. The summed E-state index contributed by atoms with van der Waals surface area (Å²) < 4.78 is 11.0. The van der Waals surface area contributed by atoms with E-state index >= 15 is 0 Å². The second-order valence-corrected chi connectivity index (χ2v) is 4.86. The molecule has 1 aromatic rings. The highest BCUT2D eigenvalue weighted by Crippen LogP contribution is 2.19. The molecule has 2 rings (SSSR count). The Morgan fingerprint density at radius 2 is 2.35 bits per heavy atom. The molecule has 0 aliphatic carbocycles. The molecule has 5 nitrogen and oxygen atoms in total. The Balaban J connectivity index is 1.82. The van der Waals surface area contributed by atoms with Crippen LogP contribution in [0.5, 0.6) is 5.75 Å². The van der Waals surface area contributed by atoms with Crippen LogP contribution in [0.25, 0.3) is 0 Å². The molecule has 1 aliphatic heterocycles. The Morgan fingerprint density at radius 1 is 1.50 bits per heavy atom. The molecule has 1 heterocycles. The summed E-state index contributed by atoms with van der Waals surface area (Å²) in [7, 11) is 0. The third-order valence-corrected chi connectivity index (χ3v) is 3.34. The number of hydrogen-bond donors (Lipinski definition) is 2. The Kier molecular flexibility index (Phi) is 5.38. The smallest absolute Gasteiger partial charge is 0.249 e. The van der Waals surface area contributed by atoms with Gasteiger partial charge in [-0.2, -0.15) is 0 Å². The van der Waals surface area contributed by atoms with Crippen molar-refractivity contribution in [2.45, 2.75) is 38.5 Å². The average Bonchev–Trinajstić information content (AvgIpc) is 2.94. The highest BCUT2D eigenvalue weighted by molar-refractivity contribution is 5.81. The van der Waals surface area contributed by atoms with E-state index in [4.69, 9.17) is 15.2 Å². The van der Waals surface area contributed by atoms with Gasteiger partial charge < -0.3 is 20.5 Å². The zero-order valence-electron chi connectivity index (χ0n) is 11.8. The molecule has 20 heavy (non-hydrogen) atoms. The monoisotopic (exact) mass is 278 g/mol. The molecule has 1 aromatic carbocycles. The minimum atomic E-state index is -0.362. The maximum atomic E-state index is 12.0. The summed E-state index contributed by atoms with van der Waals surface area (Å²) >= 11 is 0. The molecule has 0 unspecified atom stereocenters. The molecule has 1 fully saturated rings. The lowest BCUT2D eigenvalue weighted by molar-refractivity contribution is -0.132. The fourth-order valence-corrected chi connectivity index (χ4v) is 2.29. The van der Waals surface area contributed by atoms with Gasteiger partial charge in [0.1, 0.15) is 11.9 Å². The van der Waals surface area contributed by atoms with E-state index in [9.17, 15) is 4.79 Å². The van der Waals surface area contributed by atoms with Crippen LogP contribution in [0.2, 0.25) is 0 Å². The number of amides is 1. The summed E-state index contributed by atoms with van der Waals surface area (Å²) in [6.07, 6.45) is 1.26. The van der Waals surface area contributed by atoms with E-state index in [1.54, 1.807) is 0 Å². The van der Waals surface area contributed by atoms with Gasteiger partial charge in [0.25, 0.3) is 0 Å². The number of rotatable bonds is 6. The van der Waals surface area contributed by atoms with Crippen LogP contribution in [0.15, 0.2) is 24.3 Å². The highest BCUT2D eigenvalue weighted by Gasteiger charge is 2.29. The van der Waals surface area contributed by atoms with Gasteiger partial charge in [0.15, 0.2) is 0 Å². The molecule has 0 bridgehead atoms. The second kappa shape index (κ2) is 7.26. The molecule has 5 heteroatoms. The van der Waals surface area contributed by atoms with Gasteiger partial charge >= 0.3 is 0 Å². The second-order valence-electron chi connectivity index (χ2n) is 4.86. The van der Waals surface area contributed by atoms with Crippen LogP contribution < -0.4 is 15.8 Å². The number of benzene rings is 1. The fourth-order valence-electron chi connectivity index (χ4n) is 2.29. The van der Waals surface area contributed by atoms with Crippen molar-refractivity contribution in [2.24, 2.45) is 5.73 Å². The Morgan fingerprint density at radius 3 is 3.05 bits per heavy atom. The Hall–Kier alpha value is -1.59. The summed E-state index contributed by atoms with van der Waals surface area (Å²) in [6, 6.07) is 7.71. The van der Waals surface area contributed by atoms with Crippen molar-refractivity contribution in [3.8, 4) is 5.75 Å². The first-order valence-electron chi connectivity index (χ1n) is 7.08. The lowest BCUT2D eigenvalue weighted by atomic mass is 10.1. The van der Waals surface area contributed by atoms with E-state index in [-0.39, 0.29) is 18.1 Å². The van der Waals surface area contributed by atoms with Crippen molar-refractivity contribution >= 4 is 5.91 Å². The van der Waals surface area contributed by atoms with Crippen molar-refractivity contribution in [3.63, 3.8) is 0 Å². The third-order valence-electron chi connectivity index (χ3n) is 3.34. The molecule has 1 saturated heterocycles. The van der Waals surface area contributed by atoms with E-state index in [0.717, 1.165) is 24.2 Å². The molecule has 3 N–H and O–H groups in total. The van der Waals surface area contributed by atoms with Crippen LogP contribution in [-0.2, 0) is 16.1 Å². The SMILES string of the molecule is CCOc1cccc(CNC(=O)[C@@H]2CC[C@H](CN)O2)c1. The van der Waals surface area contributed by atoms with Crippen LogP contribution in [0, 0.1) is 0 Å². The molecule has 2 atom stereocenters. The number of ether oxygens (including phenoxy) is 2. The van der Waals surface area contributed by atoms with Gasteiger partial charge in [0.05, 0.1) is 12.7 Å². The summed E-state index contributed by atoms with van der Waals surface area (Å²) in [5, 5.41) is 2.89.